The van der Waals surface area contributed by atoms with E-state index in [0.717, 1.165) is 31.7 Å². The largest absolute Gasteiger partial charge is 0.342 e. The van der Waals surface area contributed by atoms with Crippen LogP contribution in [-0.2, 0) is 26.2 Å². The molecule has 3 nitrogen and oxygen atoms in total. The fourth-order valence-electron chi connectivity index (χ4n) is 4.10. The number of rotatable bonds is 8. The monoisotopic (exact) mass is 406 g/mol. The Labute approximate surface area is 184 Å². The molecule has 0 aliphatic carbocycles. The molecular formula is C28H28N3+. The summed E-state index contributed by atoms with van der Waals surface area (Å²) < 4.78 is 2.36. The number of aryl methyl sites for hydroxylation is 1. The van der Waals surface area contributed by atoms with Gasteiger partial charge in [0.1, 0.15) is 19.6 Å². The molecule has 0 bridgehead atoms. The van der Waals surface area contributed by atoms with Crippen LogP contribution in [0.3, 0.4) is 0 Å². The quantitative estimate of drug-likeness (QED) is 0.459. The minimum absolute atomic E-state index is 0.722. The van der Waals surface area contributed by atoms with Crippen molar-refractivity contribution in [1.29, 1.82) is 5.26 Å². The molecule has 0 aliphatic heterocycles. The van der Waals surface area contributed by atoms with E-state index in [1.807, 2.05) is 18.2 Å². The van der Waals surface area contributed by atoms with Crippen LogP contribution in [0.2, 0.25) is 0 Å². The van der Waals surface area contributed by atoms with E-state index < -0.39 is 0 Å². The zero-order valence-corrected chi connectivity index (χ0v) is 18.0. The predicted molar refractivity (Wildman–Crippen MR) is 124 cm³/mol. The molecule has 4 rings (SSSR count). The van der Waals surface area contributed by atoms with Crippen LogP contribution in [0.4, 0.5) is 0 Å². The van der Waals surface area contributed by atoms with Gasteiger partial charge in [0.2, 0.25) is 0 Å². The Kier molecular flexibility index (Phi) is 6.62. The van der Waals surface area contributed by atoms with Crippen molar-refractivity contribution in [2.75, 3.05) is 0 Å². The maximum absolute atomic E-state index is 9.28. The fraction of sp³-hybridized carbons (Fsp3) is 0.179. The Hall–Kier alpha value is -3.61. The van der Waals surface area contributed by atoms with Crippen molar-refractivity contribution in [2.45, 2.75) is 33.1 Å². The number of hydrogen-bond donors (Lipinski definition) is 1. The summed E-state index contributed by atoms with van der Waals surface area (Å²) in [4.78, 5) is 1.45. The standard InChI is InChI=1S/C28H27N3/c1-23-9-5-6-14-27(23)21-31-16-8-15-28(31)22-30(19-24-10-3-2-4-11-24)20-26-13-7-12-25(17-26)18-29/h2-17H,19-22H2,1H3/p+1. The molecule has 3 heteroatoms. The van der Waals surface area contributed by atoms with Gasteiger partial charge in [0.25, 0.3) is 0 Å². The summed E-state index contributed by atoms with van der Waals surface area (Å²) in [6.07, 6.45) is 2.18. The van der Waals surface area contributed by atoms with Crippen molar-refractivity contribution < 1.29 is 4.90 Å². The molecule has 1 aromatic heterocycles. The second kappa shape index (κ2) is 9.93. The maximum atomic E-state index is 9.28. The summed E-state index contributed by atoms with van der Waals surface area (Å²) in [5, 5.41) is 9.28. The lowest BCUT2D eigenvalue weighted by atomic mass is 10.1. The van der Waals surface area contributed by atoms with E-state index in [2.05, 4.69) is 96.6 Å². The summed E-state index contributed by atoms with van der Waals surface area (Å²) in [5.41, 5.74) is 7.24. The SMILES string of the molecule is Cc1ccccc1Cn1cccc1C[NH+](Cc1ccccc1)Cc1cccc(C#N)c1. The fourth-order valence-corrected chi connectivity index (χ4v) is 4.10. The minimum Gasteiger partial charge on any atom is -0.342 e. The summed E-state index contributed by atoms with van der Waals surface area (Å²) >= 11 is 0. The third-order valence-corrected chi connectivity index (χ3v) is 5.76. The molecule has 0 saturated heterocycles. The van der Waals surface area contributed by atoms with Crippen LogP contribution in [0, 0.1) is 18.3 Å². The molecule has 0 radical (unpaired) electrons. The molecule has 0 spiro atoms. The number of benzene rings is 3. The minimum atomic E-state index is 0.722. The van der Waals surface area contributed by atoms with Crippen molar-refractivity contribution in [2.24, 2.45) is 0 Å². The smallest absolute Gasteiger partial charge is 0.119 e. The summed E-state index contributed by atoms with van der Waals surface area (Å²) in [6.45, 7) is 5.79. The average Bonchev–Trinajstić information content (AvgIpc) is 3.22. The van der Waals surface area contributed by atoms with E-state index in [-0.39, 0.29) is 0 Å². The van der Waals surface area contributed by atoms with Crippen LogP contribution in [0.1, 0.15) is 33.5 Å². The van der Waals surface area contributed by atoms with E-state index in [0.29, 0.717) is 0 Å². The molecule has 31 heavy (non-hydrogen) atoms. The first-order chi connectivity index (χ1) is 15.2. The topological polar surface area (TPSA) is 33.2 Å². The van der Waals surface area contributed by atoms with Crippen molar-refractivity contribution in [3.05, 3.63) is 131 Å². The van der Waals surface area contributed by atoms with E-state index in [4.69, 9.17) is 0 Å². The number of hydrogen-bond acceptors (Lipinski definition) is 1. The molecule has 0 saturated carbocycles. The van der Waals surface area contributed by atoms with Crippen LogP contribution in [0.25, 0.3) is 0 Å². The third kappa shape index (κ3) is 5.51. The first-order valence-corrected chi connectivity index (χ1v) is 10.8. The summed E-state index contributed by atoms with van der Waals surface area (Å²) in [6, 6.07) is 33.9. The normalized spacial score (nSPS) is 11.7. The molecule has 1 unspecified atom stereocenters. The second-order valence-electron chi connectivity index (χ2n) is 8.13. The highest BCUT2D eigenvalue weighted by molar-refractivity contribution is 5.32. The lowest BCUT2D eigenvalue weighted by molar-refractivity contribution is -0.941. The molecule has 1 atom stereocenters. The van der Waals surface area contributed by atoms with Gasteiger partial charge in [-0.15, -0.1) is 0 Å². The van der Waals surface area contributed by atoms with Gasteiger partial charge in [0.15, 0.2) is 0 Å². The number of nitriles is 1. The number of aromatic nitrogens is 1. The van der Waals surface area contributed by atoms with Gasteiger partial charge >= 0.3 is 0 Å². The van der Waals surface area contributed by atoms with Gasteiger partial charge in [0, 0.05) is 23.9 Å². The highest BCUT2D eigenvalue weighted by Gasteiger charge is 2.15. The van der Waals surface area contributed by atoms with Crippen LogP contribution in [0.15, 0.2) is 97.2 Å². The van der Waals surface area contributed by atoms with Gasteiger partial charge in [0.05, 0.1) is 17.3 Å². The molecular weight excluding hydrogens is 378 g/mol. The summed E-state index contributed by atoms with van der Waals surface area (Å²) in [5.74, 6) is 0. The van der Waals surface area contributed by atoms with Gasteiger partial charge in [-0.1, -0.05) is 66.7 Å². The highest BCUT2D eigenvalue weighted by Crippen LogP contribution is 2.12. The van der Waals surface area contributed by atoms with E-state index >= 15 is 0 Å². The zero-order valence-electron chi connectivity index (χ0n) is 18.0. The van der Waals surface area contributed by atoms with Crippen molar-refractivity contribution in [3.8, 4) is 6.07 Å². The molecule has 0 fully saturated rings. The molecule has 1 N–H and O–H groups in total. The maximum Gasteiger partial charge on any atom is 0.119 e. The Morgan fingerprint density at radius 3 is 2.32 bits per heavy atom. The second-order valence-corrected chi connectivity index (χ2v) is 8.13. The van der Waals surface area contributed by atoms with Crippen LogP contribution < -0.4 is 4.90 Å². The predicted octanol–water partition coefficient (Wildman–Crippen LogP) is 4.50. The van der Waals surface area contributed by atoms with Gasteiger partial charge in [-0.2, -0.15) is 5.26 Å². The van der Waals surface area contributed by atoms with Gasteiger partial charge in [-0.25, -0.2) is 0 Å². The van der Waals surface area contributed by atoms with Gasteiger partial charge in [-0.05, 0) is 42.3 Å². The first-order valence-electron chi connectivity index (χ1n) is 10.8. The first kappa shape index (κ1) is 20.7. The molecule has 0 aliphatic rings. The summed E-state index contributed by atoms with van der Waals surface area (Å²) in [7, 11) is 0. The van der Waals surface area contributed by atoms with E-state index in [1.165, 1.54) is 32.8 Å². The average molecular weight is 407 g/mol. The number of nitrogens with zero attached hydrogens (tertiary/aromatic N) is 2. The van der Waals surface area contributed by atoms with Gasteiger partial charge in [-0.3, -0.25) is 0 Å². The Bertz CT molecular complexity index is 1170. The Balaban J connectivity index is 1.57. The lowest BCUT2D eigenvalue weighted by Gasteiger charge is -2.21. The lowest BCUT2D eigenvalue weighted by Crippen LogP contribution is -3.08. The molecule has 4 aromatic rings. The third-order valence-electron chi connectivity index (χ3n) is 5.76. The molecule has 154 valence electrons. The molecule has 3 aromatic carbocycles. The van der Waals surface area contributed by atoms with Crippen molar-refractivity contribution in [3.63, 3.8) is 0 Å². The number of nitrogens with one attached hydrogen (secondary N) is 1. The van der Waals surface area contributed by atoms with Gasteiger partial charge < -0.3 is 9.47 Å². The van der Waals surface area contributed by atoms with Crippen molar-refractivity contribution >= 4 is 0 Å². The highest BCUT2D eigenvalue weighted by atomic mass is 15.1. The zero-order chi connectivity index (χ0) is 21.5. The van der Waals surface area contributed by atoms with Crippen LogP contribution >= 0.6 is 0 Å². The van der Waals surface area contributed by atoms with Crippen LogP contribution in [-0.4, -0.2) is 4.57 Å². The van der Waals surface area contributed by atoms with E-state index in [1.54, 1.807) is 0 Å². The number of quaternary nitrogens is 1. The van der Waals surface area contributed by atoms with Crippen molar-refractivity contribution in [1.82, 2.24) is 4.57 Å². The Morgan fingerprint density at radius 1 is 0.774 bits per heavy atom. The molecule has 0 amide bonds. The van der Waals surface area contributed by atoms with E-state index in [9.17, 15) is 5.26 Å². The van der Waals surface area contributed by atoms with Crippen LogP contribution in [0.5, 0.6) is 0 Å². The molecule has 1 heterocycles. The Morgan fingerprint density at radius 2 is 1.52 bits per heavy atom.